The maximum absolute atomic E-state index is 12.3. The Balaban J connectivity index is 1.88. The number of nitrogens with one attached hydrogen (secondary N) is 2. The van der Waals surface area contributed by atoms with Gasteiger partial charge in [0, 0.05) is 34.8 Å². The molecule has 1 fully saturated rings. The van der Waals surface area contributed by atoms with Crippen LogP contribution in [0, 0.1) is 6.92 Å². The lowest BCUT2D eigenvalue weighted by Gasteiger charge is -2.23. The van der Waals surface area contributed by atoms with Crippen molar-refractivity contribution >= 4 is 10.9 Å². The van der Waals surface area contributed by atoms with Crippen LogP contribution in [0.2, 0.25) is 0 Å². The van der Waals surface area contributed by atoms with Crippen molar-refractivity contribution in [3.8, 4) is 11.3 Å². The average molecular weight is 378 g/mol. The lowest BCUT2D eigenvalue weighted by atomic mass is 9.88. The standard InChI is InChI=1S/C24H31N3O/c1-5-27-14-19(12-16(4)24(27)28)23-22(15(2)3)20-13-18(6-7-21(20)26-23)17-8-10-25-11-9-17/h6-7,12-15,17,25-26H,5,8-11H2,1-4H3. The fraction of sp³-hybridized carbons (Fsp3) is 0.458. The summed E-state index contributed by atoms with van der Waals surface area (Å²) < 4.78 is 1.81. The predicted molar refractivity (Wildman–Crippen MR) is 117 cm³/mol. The zero-order chi connectivity index (χ0) is 19.8. The van der Waals surface area contributed by atoms with Crippen molar-refractivity contribution in [2.24, 2.45) is 0 Å². The number of rotatable bonds is 4. The number of hydrogen-bond donors (Lipinski definition) is 2. The minimum atomic E-state index is 0.0988. The van der Waals surface area contributed by atoms with Gasteiger partial charge in [-0.2, -0.15) is 0 Å². The number of fused-ring (bicyclic) bond motifs is 1. The van der Waals surface area contributed by atoms with Crippen LogP contribution < -0.4 is 10.9 Å². The Morgan fingerprint density at radius 1 is 1.18 bits per heavy atom. The minimum absolute atomic E-state index is 0.0988. The van der Waals surface area contributed by atoms with Gasteiger partial charge in [-0.25, -0.2) is 0 Å². The van der Waals surface area contributed by atoms with Crippen LogP contribution in [-0.4, -0.2) is 22.6 Å². The Morgan fingerprint density at radius 3 is 2.61 bits per heavy atom. The molecule has 1 saturated heterocycles. The van der Waals surface area contributed by atoms with Gasteiger partial charge in [-0.15, -0.1) is 0 Å². The van der Waals surface area contributed by atoms with Crippen molar-refractivity contribution < 1.29 is 0 Å². The number of pyridine rings is 1. The van der Waals surface area contributed by atoms with Crippen LogP contribution in [0.5, 0.6) is 0 Å². The van der Waals surface area contributed by atoms with Crippen molar-refractivity contribution in [1.82, 2.24) is 14.9 Å². The maximum Gasteiger partial charge on any atom is 0.253 e. The van der Waals surface area contributed by atoms with E-state index in [1.807, 2.05) is 26.1 Å². The number of hydrogen-bond acceptors (Lipinski definition) is 2. The number of nitrogens with zero attached hydrogens (tertiary/aromatic N) is 1. The zero-order valence-corrected chi connectivity index (χ0v) is 17.4. The van der Waals surface area contributed by atoms with E-state index in [-0.39, 0.29) is 5.56 Å². The van der Waals surface area contributed by atoms with E-state index in [2.05, 4.69) is 42.3 Å². The second-order valence-electron chi connectivity index (χ2n) is 8.40. The molecule has 0 bridgehead atoms. The van der Waals surface area contributed by atoms with Gasteiger partial charge in [0.05, 0.1) is 5.69 Å². The van der Waals surface area contributed by atoms with Gasteiger partial charge in [-0.1, -0.05) is 19.9 Å². The summed E-state index contributed by atoms with van der Waals surface area (Å²) in [6, 6.07) is 8.97. The molecule has 3 aromatic rings. The van der Waals surface area contributed by atoms with Crippen molar-refractivity contribution in [2.45, 2.75) is 58.9 Å². The van der Waals surface area contributed by atoms with E-state index in [1.165, 1.54) is 34.9 Å². The number of benzene rings is 1. The molecule has 0 unspecified atom stereocenters. The molecule has 0 radical (unpaired) electrons. The molecular weight excluding hydrogens is 346 g/mol. The fourth-order valence-electron chi connectivity index (χ4n) is 4.62. The highest BCUT2D eigenvalue weighted by atomic mass is 16.1. The molecule has 1 aliphatic heterocycles. The lowest BCUT2D eigenvalue weighted by Crippen LogP contribution is -2.26. The topological polar surface area (TPSA) is 49.8 Å². The van der Waals surface area contributed by atoms with Crippen LogP contribution in [0.1, 0.15) is 62.1 Å². The van der Waals surface area contributed by atoms with Gasteiger partial charge < -0.3 is 14.9 Å². The highest BCUT2D eigenvalue weighted by Gasteiger charge is 2.20. The van der Waals surface area contributed by atoms with Crippen LogP contribution in [0.3, 0.4) is 0 Å². The van der Waals surface area contributed by atoms with Crippen LogP contribution in [-0.2, 0) is 6.54 Å². The van der Waals surface area contributed by atoms with Gasteiger partial charge >= 0.3 is 0 Å². The third-order valence-electron chi connectivity index (χ3n) is 6.15. The van der Waals surface area contributed by atoms with E-state index in [0.717, 1.165) is 29.9 Å². The summed E-state index contributed by atoms with van der Waals surface area (Å²) in [7, 11) is 0. The van der Waals surface area contributed by atoms with Crippen molar-refractivity contribution in [1.29, 1.82) is 0 Å². The molecule has 2 aromatic heterocycles. The monoisotopic (exact) mass is 377 g/mol. The Bertz CT molecular complexity index is 1050. The van der Waals surface area contributed by atoms with E-state index >= 15 is 0 Å². The molecule has 148 valence electrons. The molecule has 2 N–H and O–H groups in total. The summed E-state index contributed by atoms with van der Waals surface area (Å²) in [5.74, 6) is 1.04. The van der Waals surface area contributed by atoms with E-state index in [9.17, 15) is 4.79 Å². The summed E-state index contributed by atoms with van der Waals surface area (Å²) in [6.45, 7) is 11.3. The van der Waals surface area contributed by atoms with Gasteiger partial charge in [0.2, 0.25) is 0 Å². The highest BCUT2D eigenvalue weighted by Crippen LogP contribution is 2.37. The Kier molecular flexibility index (Phi) is 5.15. The Morgan fingerprint density at radius 2 is 1.93 bits per heavy atom. The van der Waals surface area contributed by atoms with Gasteiger partial charge in [0.25, 0.3) is 5.56 Å². The number of H-pyrrole nitrogens is 1. The van der Waals surface area contributed by atoms with E-state index in [0.29, 0.717) is 18.4 Å². The lowest BCUT2D eigenvalue weighted by molar-refractivity contribution is 0.460. The van der Waals surface area contributed by atoms with Crippen LogP contribution >= 0.6 is 0 Å². The number of aromatic nitrogens is 2. The average Bonchev–Trinajstić information content (AvgIpc) is 3.09. The van der Waals surface area contributed by atoms with Gasteiger partial charge in [-0.3, -0.25) is 4.79 Å². The summed E-state index contributed by atoms with van der Waals surface area (Å²) >= 11 is 0. The number of aryl methyl sites for hydroxylation is 2. The third kappa shape index (κ3) is 3.30. The molecular formula is C24H31N3O. The van der Waals surface area contributed by atoms with Crippen LogP contribution in [0.25, 0.3) is 22.2 Å². The smallest absolute Gasteiger partial charge is 0.253 e. The van der Waals surface area contributed by atoms with Gasteiger partial charge in [0.15, 0.2) is 0 Å². The van der Waals surface area contributed by atoms with Crippen LogP contribution in [0.4, 0.5) is 0 Å². The molecule has 28 heavy (non-hydrogen) atoms. The minimum Gasteiger partial charge on any atom is -0.354 e. The fourth-order valence-corrected chi connectivity index (χ4v) is 4.62. The summed E-state index contributed by atoms with van der Waals surface area (Å²) in [5, 5.41) is 4.79. The molecule has 0 saturated carbocycles. The molecule has 0 amide bonds. The molecule has 0 atom stereocenters. The first kappa shape index (κ1) is 19.0. The van der Waals surface area contributed by atoms with E-state index in [1.54, 1.807) is 4.57 Å². The molecule has 0 spiro atoms. The summed E-state index contributed by atoms with van der Waals surface area (Å²) in [4.78, 5) is 16.0. The van der Waals surface area contributed by atoms with Crippen molar-refractivity contribution in [2.75, 3.05) is 13.1 Å². The second-order valence-corrected chi connectivity index (χ2v) is 8.40. The van der Waals surface area contributed by atoms with Gasteiger partial charge in [-0.05, 0) is 80.9 Å². The molecule has 0 aliphatic carbocycles. The Hall–Kier alpha value is -2.33. The maximum atomic E-state index is 12.3. The molecule has 1 aliphatic rings. The first-order chi connectivity index (χ1) is 13.5. The third-order valence-corrected chi connectivity index (χ3v) is 6.15. The zero-order valence-electron chi connectivity index (χ0n) is 17.4. The molecule has 4 rings (SSSR count). The Labute approximate surface area is 167 Å². The van der Waals surface area contributed by atoms with E-state index < -0.39 is 0 Å². The van der Waals surface area contributed by atoms with E-state index in [4.69, 9.17) is 0 Å². The van der Waals surface area contributed by atoms with Crippen LogP contribution in [0.15, 0.2) is 35.3 Å². The number of aromatic amines is 1. The molecule has 4 heteroatoms. The SMILES string of the molecule is CCn1cc(-c2[nH]c3ccc(C4CCNCC4)cc3c2C(C)C)cc(C)c1=O. The summed E-state index contributed by atoms with van der Waals surface area (Å²) in [6.07, 6.45) is 4.42. The normalized spacial score (nSPS) is 15.6. The highest BCUT2D eigenvalue weighted by molar-refractivity contribution is 5.92. The van der Waals surface area contributed by atoms with Gasteiger partial charge in [0.1, 0.15) is 0 Å². The predicted octanol–water partition coefficient (Wildman–Crippen LogP) is 4.92. The largest absolute Gasteiger partial charge is 0.354 e. The number of piperidine rings is 1. The van der Waals surface area contributed by atoms with Crippen molar-refractivity contribution in [3.63, 3.8) is 0 Å². The molecule has 3 heterocycles. The quantitative estimate of drug-likeness (QED) is 0.678. The molecule has 4 nitrogen and oxygen atoms in total. The first-order valence-electron chi connectivity index (χ1n) is 10.6. The van der Waals surface area contributed by atoms with Crippen molar-refractivity contribution in [3.05, 3.63) is 57.5 Å². The first-order valence-corrected chi connectivity index (χ1v) is 10.6. The molecule has 1 aromatic carbocycles. The second kappa shape index (κ2) is 7.59. The summed E-state index contributed by atoms with van der Waals surface area (Å²) in [5.41, 5.74) is 7.13.